The Kier molecular flexibility index (Phi) is 17.7. The summed E-state index contributed by atoms with van der Waals surface area (Å²) in [6.07, 6.45) is 4.03. The van der Waals surface area contributed by atoms with Gasteiger partial charge in [-0.3, -0.25) is 16.3 Å². The molecule has 25 heteroatoms. The molecule has 0 aliphatic heterocycles. The van der Waals surface area contributed by atoms with Crippen molar-refractivity contribution >= 4 is 17.8 Å². The van der Waals surface area contributed by atoms with Gasteiger partial charge in [-0.25, -0.2) is 50.2 Å². The molecule has 0 aromatic carbocycles. The largest absolute Gasteiger partial charge is 2.00 e. The van der Waals surface area contributed by atoms with Crippen molar-refractivity contribution < 1.29 is 58.1 Å². The number of hydrogen-bond acceptors (Lipinski definition) is 19. The van der Waals surface area contributed by atoms with Crippen molar-refractivity contribution in [1.29, 1.82) is 0 Å². The molecule has 22 nitrogen and oxygen atoms in total. The number of hydrogen-bond donors (Lipinski definition) is 9. The fourth-order valence-corrected chi connectivity index (χ4v) is 1.04. The summed E-state index contributed by atoms with van der Waals surface area (Å²) in [5.74, 6) is 31.4. The van der Waals surface area contributed by atoms with Crippen LogP contribution < -0.4 is 82.4 Å². The van der Waals surface area contributed by atoms with E-state index in [9.17, 15) is 0 Å². The molecule has 15 N–H and O–H groups in total. The average Bonchev–Trinajstić information content (AvgIpc) is 3.35. The number of halogens is 2. The van der Waals surface area contributed by atoms with Crippen LogP contribution >= 0.6 is 0 Å². The third-order valence-corrected chi connectivity index (χ3v) is 2.11. The molecule has 0 saturated carbocycles. The SMILES string of the molecule is NNc1nncn1N.NNc1nncn1N.NNc1nncn1N.[Cl-].[Co+2].[O-][Cl+3]([O-])([O-])[O-]. The van der Waals surface area contributed by atoms with E-state index in [1.165, 1.54) is 33.0 Å². The van der Waals surface area contributed by atoms with Crippen LogP contribution in [-0.2, 0) is 16.8 Å². The topological polar surface area (TPSA) is 377 Å². The third-order valence-electron chi connectivity index (χ3n) is 2.11. The number of nitrogens with one attached hydrogen (secondary N) is 3. The van der Waals surface area contributed by atoms with E-state index in [1.54, 1.807) is 0 Å². The predicted octanol–water partition coefficient (Wildman–Crippen LogP) is -12.9. The molecule has 3 heterocycles. The molecule has 3 aromatic rings. The van der Waals surface area contributed by atoms with Gasteiger partial charge in [0.05, 0.1) is 0 Å². The van der Waals surface area contributed by atoms with Crippen LogP contribution in [0.15, 0.2) is 19.0 Å². The molecule has 0 saturated heterocycles. The molecule has 3 rings (SSSR count). The van der Waals surface area contributed by atoms with Gasteiger partial charge in [-0.2, -0.15) is 0 Å². The molecular weight excluding hydrogens is 518 g/mol. The van der Waals surface area contributed by atoms with Gasteiger partial charge in [0.1, 0.15) is 19.0 Å². The standard InChI is InChI=1S/3C2H6N6.ClHO4.ClH.Co/c3*3-6-2-7-5-1-8(2)4;2-1(3,4)5;;/h3*1H,3-4H2,(H,6,7);(H,2,3,4,5);1H;/q;;;;;+2/p-2. The number of nitrogen functional groups attached to an aromatic ring is 6. The molecule has 0 spiro atoms. The van der Waals surface area contributed by atoms with E-state index in [0.717, 1.165) is 0 Å². The van der Waals surface area contributed by atoms with Gasteiger partial charge in [0.25, 0.3) is 17.8 Å². The van der Waals surface area contributed by atoms with Crippen molar-refractivity contribution in [1.82, 2.24) is 44.6 Å². The first-order valence-electron chi connectivity index (χ1n) is 6.50. The van der Waals surface area contributed by atoms with Gasteiger partial charge < -0.3 is 29.9 Å². The fraction of sp³-hybridized carbons (Fsp3) is 0. The van der Waals surface area contributed by atoms with Gasteiger partial charge in [-0.1, -0.05) is 0 Å². The Morgan fingerprint density at radius 3 is 0.903 bits per heavy atom. The molecule has 179 valence electrons. The monoisotopic (exact) mass is 535 g/mol. The van der Waals surface area contributed by atoms with Crippen LogP contribution in [0.4, 0.5) is 17.8 Å². The van der Waals surface area contributed by atoms with E-state index < -0.39 is 10.2 Å². The molecule has 0 aliphatic rings. The maximum atomic E-state index is 8.49. The van der Waals surface area contributed by atoms with Crippen LogP contribution in [0.5, 0.6) is 0 Å². The predicted molar refractivity (Wildman–Crippen MR) is 83.9 cm³/mol. The van der Waals surface area contributed by atoms with Crippen LogP contribution in [0, 0.1) is 10.2 Å². The Morgan fingerprint density at radius 1 is 0.645 bits per heavy atom. The van der Waals surface area contributed by atoms with Gasteiger partial charge in [0.15, 0.2) is 0 Å². The normalized spacial score (nSPS) is 9.00. The van der Waals surface area contributed by atoms with Crippen LogP contribution in [-0.4, -0.2) is 44.6 Å². The van der Waals surface area contributed by atoms with E-state index in [-0.39, 0.29) is 29.2 Å². The number of nitrogens with two attached hydrogens (primary N) is 6. The zero-order valence-electron chi connectivity index (χ0n) is 14.9. The smallest absolute Gasteiger partial charge is 1.00 e. The van der Waals surface area contributed by atoms with Crippen molar-refractivity contribution in [2.75, 3.05) is 33.8 Å². The second kappa shape index (κ2) is 16.8. The zero-order chi connectivity index (χ0) is 22.4. The second-order valence-corrected chi connectivity index (χ2v) is 4.75. The van der Waals surface area contributed by atoms with Gasteiger partial charge in [0, 0.05) is 0 Å². The number of rotatable bonds is 3. The molecule has 0 bridgehead atoms. The summed E-state index contributed by atoms with van der Waals surface area (Å²) >= 11 is 0. The minimum atomic E-state index is -4.94. The third kappa shape index (κ3) is 15.5. The van der Waals surface area contributed by atoms with E-state index in [0.29, 0.717) is 17.8 Å². The van der Waals surface area contributed by atoms with E-state index in [1.807, 2.05) is 0 Å². The van der Waals surface area contributed by atoms with Crippen molar-refractivity contribution in [3.05, 3.63) is 19.0 Å². The summed E-state index contributed by atoms with van der Waals surface area (Å²) in [4.78, 5) is 0. The maximum absolute atomic E-state index is 8.49. The van der Waals surface area contributed by atoms with Gasteiger partial charge in [-0.05, 0) is 0 Å². The first-order chi connectivity index (χ1) is 13.5. The van der Waals surface area contributed by atoms with Crippen molar-refractivity contribution in [2.45, 2.75) is 0 Å². The summed E-state index contributed by atoms with van der Waals surface area (Å²) in [7, 11) is -4.94. The Hall–Kier alpha value is -2.97. The van der Waals surface area contributed by atoms with Crippen molar-refractivity contribution in [3.8, 4) is 0 Å². The van der Waals surface area contributed by atoms with E-state index in [2.05, 4.69) is 46.9 Å². The fourth-order valence-electron chi connectivity index (χ4n) is 1.04. The van der Waals surface area contributed by atoms with E-state index in [4.69, 9.17) is 53.7 Å². The Balaban J connectivity index is -0.000000335. The molecule has 0 atom stereocenters. The average molecular weight is 536 g/mol. The summed E-state index contributed by atoms with van der Waals surface area (Å²) in [5, 5.41) is 20.8. The number of anilines is 3. The second-order valence-electron chi connectivity index (χ2n) is 4.00. The zero-order valence-corrected chi connectivity index (χ0v) is 17.5. The molecular formula is C6H18Cl2CoN18O4. The van der Waals surface area contributed by atoms with E-state index >= 15 is 0 Å². The molecule has 0 aliphatic carbocycles. The van der Waals surface area contributed by atoms with Crippen LogP contribution in [0.3, 0.4) is 0 Å². The quantitative estimate of drug-likeness (QED) is 0.111. The first-order valence-corrected chi connectivity index (χ1v) is 7.73. The van der Waals surface area contributed by atoms with Crippen LogP contribution in [0.2, 0.25) is 0 Å². The minimum Gasteiger partial charge on any atom is -1.00 e. The number of nitrogens with zero attached hydrogens (tertiary/aromatic N) is 9. The summed E-state index contributed by atoms with van der Waals surface area (Å²) in [5.41, 5.74) is 6.72. The molecule has 0 unspecified atom stereocenters. The molecule has 1 radical (unpaired) electrons. The molecule has 0 amide bonds. The maximum Gasteiger partial charge on any atom is 2.00 e. The Bertz CT molecular complexity index is 703. The van der Waals surface area contributed by atoms with Gasteiger partial charge in [-0.15, -0.1) is 40.8 Å². The van der Waals surface area contributed by atoms with Crippen molar-refractivity contribution in [2.24, 2.45) is 17.5 Å². The molecule has 0 fully saturated rings. The first kappa shape index (κ1) is 32.7. The molecule has 31 heavy (non-hydrogen) atoms. The number of hydrazine groups is 3. The van der Waals surface area contributed by atoms with Crippen LogP contribution in [0.1, 0.15) is 0 Å². The number of aromatic nitrogens is 9. The van der Waals surface area contributed by atoms with Crippen LogP contribution in [0.25, 0.3) is 0 Å². The summed E-state index contributed by atoms with van der Waals surface area (Å²) < 4.78 is 37.5. The molecule has 3 aromatic heterocycles. The summed E-state index contributed by atoms with van der Waals surface area (Å²) in [6, 6.07) is 0. The Morgan fingerprint density at radius 2 is 0.839 bits per heavy atom. The summed E-state index contributed by atoms with van der Waals surface area (Å²) in [6.45, 7) is 0. The van der Waals surface area contributed by atoms with Crippen molar-refractivity contribution in [3.63, 3.8) is 0 Å². The van der Waals surface area contributed by atoms with Gasteiger partial charge >= 0.3 is 16.8 Å². The minimum absolute atomic E-state index is 0. The van der Waals surface area contributed by atoms with Gasteiger partial charge in [0.2, 0.25) is 0 Å². The Labute approximate surface area is 191 Å².